The maximum atomic E-state index is 12.2. The molecule has 6 heteroatoms. The van der Waals surface area contributed by atoms with Gasteiger partial charge < -0.3 is 14.8 Å². The predicted octanol–water partition coefficient (Wildman–Crippen LogP) is 5.83. The Morgan fingerprint density at radius 3 is 2.68 bits per heavy atom. The number of benzene rings is 2. The molecule has 0 spiro atoms. The van der Waals surface area contributed by atoms with Crippen molar-refractivity contribution in [1.29, 1.82) is 0 Å². The largest absolute Gasteiger partial charge is 0.488 e. The van der Waals surface area contributed by atoms with Crippen molar-refractivity contribution in [3.05, 3.63) is 63.6 Å². The number of ether oxygens (including phenoxy) is 2. The van der Waals surface area contributed by atoms with Crippen LogP contribution in [-0.4, -0.2) is 35.7 Å². The third-order valence-electron chi connectivity index (χ3n) is 5.16. The first-order valence-corrected chi connectivity index (χ1v) is 11.7. The Kier molecular flexibility index (Phi) is 8.00. The van der Waals surface area contributed by atoms with E-state index in [1.54, 1.807) is 0 Å². The van der Waals surface area contributed by atoms with Crippen LogP contribution in [0.1, 0.15) is 50.3 Å². The first-order valence-electron chi connectivity index (χ1n) is 10.9. The van der Waals surface area contributed by atoms with Gasteiger partial charge in [-0.15, -0.1) is 0 Å². The molecule has 0 saturated carbocycles. The molecule has 0 aliphatic carbocycles. The fraction of sp³-hybridized carbons (Fsp3) is 0.480. The Labute approximate surface area is 194 Å². The average Bonchev–Trinajstić information content (AvgIpc) is 2.67. The zero-order chi connectivity index (χ0) is 22.4. The van der Waals surface area contributed by atoms with Crippen molar-refractivity contribution in [1.82, 2.24) is 10.2 Å². The monoisotopic (exact) mass is 488 g/mol. The molecule has 168 valence electrons. The molecule has 2 aromatic carbocycles. The summed E-state index contributed by atoms with van der Waals surface area (Å²) in [5, 5.41) is 3.03. The highest BCUT2D eigenvalue weighted by atomic mass is 79.9. The van der Waals surface area contributed by atoms with Crippen molar-refractivity contribution in [2.75, 3.05) is 13.1 Å². The number of nitrogens with zero attached hydrogens (tertiary/aromatic N) is 1. The van der Waals surface area contributed by atoms with Gasteiger partial charge in [0.05, 0.1) is 0 Å². The van der Waals surface area contributed by atoms with E-state index in [0.29, 0.717) is 6.61 Å². The number of hydrogen-bond donors (Lipinski definition) is 1. The lowest BCUT2D eigenvalue weighted by Crippen LogP contribution is -2.48. The molecule has 0 bridgehead atoms. The smallest absolute Gasteiger partial charge is 0.407 e. The van der Waals surface area contributed by atoms with Gasteiger partial charge in [0.15, 0.2) is 0 Å². The van der Waals surface area contributed by atoms with Gasteiger partial charge in [0.2, 0.25) is 0 Å². The molecule has 1 aliphatic rings. The van der Waals surface area contributed by atoms with Crippen molar-refractivity contribution in [3.63, 3.8) is 0 Å². The first-order chi connectivity index (χ1) is 14.7. The van der Waals surface area contributed by atoms with E-state index in [1.807, 2.05) is 39.0 Å². The average molecular weight is 489 g/mol. The Morgan fingerprint density at radius 2 is 1.97 bits per heavy atom. The van der Waals surface area contributed by atoms with E-state index in [0.717, 1.165) is 59.4 Å². The Bertz CT molecular complexity index is 880. The number of likely N-dealkylation sites (tertiary alicyclic amines) is 1. The van der Waals surface area contributed by atoms with Crippen LogP contribution >= 0.6 is 15.9 Å². The van der Waals surface area contributed by atoms with Gasteiger partial charge in [-0.1, -0.05) is 46.3 Å². The van der Waals surface area contributed by atoms with Gasteiger partial charge in [0.25, 0.3) is 0 Å². The molecule has 2 aromatic rings. The van der Waals surface area contributed by atoms with Crippen LogP contribution in [0, 0.1) is 6.92 Å². The van der Waals surface area contributed by atoms with Gasteiger partial charge in [0, 0.05) is 29.2 Å². The number of carbonyl (C=O) groups excluding carboxylic acids is 1. The number of rotatable bonds is 6. The van der Waals surface area contributed by atoms with Crippen LogP contribution in [0.15, 0.2) is 46.9 Å². The van der Waals surface area contributed by atoms with E-state index in [2.05, 4.69) is 57.3 Å². The van der Waals surface area contributed by atoms with Gasteiger partial charge in [0.1, 0.15) is 18.0 Å². The number of piperidine rings is 1. The zero-order valence-corrected chi connectivity index (χ0v) is 20.5. The van der Waals surface area contributed by atoms with Crippen LogP contribution in [-0.2, 0) is 17.9 Å². The summed E-state index contributed by atoms with van der Waals surface area (Å²) in [5.74, 6) is 0.939. The van der Waals surface area contributed by atoms with Crippen LogP contribution in [0.2, 0.25) is 0 Å². The molecule has 0 aromatic heterocycles. The second kappa shape index (κ2) is 10.5. The highest BCUT2D eigenvalue weighted by Gasteiger charge is 2.25. The van der Waals surface area contributed by atoms with E-state index < -0.39 is 5.60 Å². The van der Waals surface area contributed by atoms with Gasteiger partial charge in [-0.3, -0.25) is 4.90 Å². The minimum absolute atomic E-state index is 0.0885. The molecule has 1 fully saturated rings. The lowest BCUT2D eigenvalue weighted by molar-refractivity contribution is 0.0470. The number of aryl methyl sites for hydroxylation is 1. The number of carbonyl (C=O) groups is 1. The molecule has 1 aliphatic heterocycles. The van der Waals surface area contributed by atoms with E-state index >= 15 is 0 Å². The Morgan fingerprint density at radius 1 is 1.23 bits per heavy atom. The minimum atomic E-state index is -0.489. The normalized spacial score (nSPS) is 17.3. The van der Waals surface area contributed by atoms with E-state index in [9.17, 15) is 4.79 Å². The van der Waals surface area contributed by atoms with Crippen molar-refractivity contribution in [2.24, 2.45) is 0 Å². The zero-order valence-electron chi connectivity index (χ0n) is 18.9. The molecule has 1 unspecified atom stereocenters. The SMILES string of the molecule is Cc1cc(Br)cc(CN2CCCC(NC(=O)OC(C)(C)C)C2)c1OCc1ccccc1. The molecular weight excluding hydrogens is 456 g/mol. The van der Waals surface area contributed by atoms with E-state index in [-0.39, 0.29) is 12.1 Å². The van der Waals surface area contributed by atoms with Gasteiger partial charge in [-0.2, -0.15) is 0 Å². The van der Waals surface area contributed by atoms with Crippen LogP contribution in [0.25, 0.3) is 0 Å². The summed E-state index contributed by atoms with van der Waals surface area (Å²) in [5.41, 5.74) is 2.92. The molecule has 1 amide bonds. The lowest BCUT2D eigenvalue weighted by Gasteiger charge is -2.34. The molecular formula is C25H33BrN2O3. The fourth-order valence-corrected chi connectivity index (χ4v) is 4.50. The summed E-state index contributed by atoms with van der Waals surface area (Å²) in [6.45, 7) is 10.8. The molecule has 1 saturated heterocycles. The summed E-state index contributed by atoms with van der Waals surface area (Å²) < 4.78 is 12.7. The molecule has 5 nitrogen and oxygen atoms in total. The molecule has 1 atom stereocenters. The Balaban J connectivity index is 1.66. The highest BCUT2D eigenvalue weighted by molar-refractivity contribution is 9.10. The second-order valence-electron chi connectivity index (χ2n) is 9.21. The fourth-order valence-electron chi connectivity index (χ4n) is 3.89. The van der Waals surface area contributed by atoms with Gasteiger partial charge >= 0.3 is 6.09 Å². The third kappa shape index (κ3) is 7.54. The topological polar surface area (TPSA) is 50.8 Å². The predicted molar refractivity (Wildman–Crippen MR) is 127 cm³/mol. The number of hydrogen-bond acceptors (Lipinski definition) is 4. The number of amides is 1. The maximum absolute atomic E-state index is 12.2. The summed E-state index contributed by atoms with van der Waals surface area (Å²) in [4.78, 5) is 14.6. The lowest BCUT2D eigenvalue weighted by atomic mass is 10.0. The second-order valence-corrected chi connectivity index (χ2v) is 10.1. The first kappa shape index (κ1) is 23.6. The number of alkyl carbamates (subject to hydrolysis) is 1. The van der Waals surface area contributed by atoms with E-state index in [1.165, 1.54) is 0 Å². The van der Waals surface area contributed by atoms with Crippen LogP contribution in [0.5, 0.6) is 5.75 Å². The standard InChI is InChI=1S/C25H33BrN2O3/c1-18-13-21(26)14-20(23(18)30-17-19-9-6-5-7-10-19)15-28-12-8-11-22(16-28)27-24(29)31-25(2,3)4/h5-7,9-10,13-14,22H,8,11-12,15-17H2,1-4H3,(H,27,29). The molecule has 31 heavy (non-hydrogen) atoms. The summed E-state index contributed by atoms with van der Waals surface area (Å²) in [6.07, 6.45) is 1.66. The van der Waals surface area contributed by atoms with Gasteiger partial charge in [-0.05, 0) is 70.3 Å². The molecule has 1 N–H and O–H groups in total. The summed E-state index contributed by atoms with van der Waals surface area (Å²) in [6, 6.07) is 14.5. The van der Waals surface area contributed by atoms with Crippen molar-refractivity contribution < 1.29 is 14.3 Å². The molecule has 3 rings (SSSR count). The summed E-state index contributed by atoms with van der Waals surface area (Å²) >= 11 is 3.63. The number of halogens is 1. The third-order valence-corrected chi connectivity index (χ3v) is 5.62. The van der Waals surface area contributed by atoms with Gasteiger partial charge in [-0.25, -0.2) is 4.79 Å². The van der Waals surface area contributed by atoms with Crippen LogP contribution < -0.4 is 10.1 Å². The quantitative estimate of drug-likeness (QED) is 0.555. The minimum Gasteiger partial charge on any atom is -0.488 e. The van der Waals surface area contributed by atoms with Crippen LogP contribution in [0.4, 0.5) is 4.79 Å². The molecule has 0 radical (unpaired) electrons. The maximum Gasteiger partial charge on any atom is 0.407 e. The Hall–Kier alpha value is -2.05. The highest BCUT2D eigenvalue weighted by Crippen LogP contribution is 2.30. The van der Waals surface area contributed by atoms with Crippen LogP contribution in [0.3, 0.4) is 0 Å². The van der Waals surface area contributed by atoms with Crippen molar-refractivity contribution in [3.8, 4) is 5.75 Å². The van der Waals surface area contributed by atoms with Crippen molar-refractivity contribution in [2.45, 2.75) is 65.3 Å². The summed E-state index contributed by atoms with van der Waals surface area (Å²) in [7, 11) is 0. The molecule has 1 heterocycles. The number of nitrogens with one attached hydrogen (secondary N) is 1. The van der Waals surface area contributed by atoms with Crippen molar-refractivity contribution >= 4 is 22.0 Å². The van der Waals surface area contributed by atoms with E-state index in [4.69, 9.17) is 9.47 Å².